The van der Waals surface area contributed by atoms with Crippen LogP contribution in [0.1, 0.15) is 34.0 Å². The number of hydrogen-bond acceptors (Lipinski definition) is 4. The molecular weight excluding hydrogens is 414 g/mol. The fourth-order valence-electron chi connectivity index (χ4n) is 3.04. The molecule has 0 bridgehead atoms. The minimum Gasteiger partial charge on any atom is -0.495 e. The number of methoxy groups -OCH3 is 1. The van der Waals surface area contributed by atoms with Crippen molar-refractivity contribution in [2.24, 2.45) is 0 Å². The molecule has 0 fully saturated rings. The van der Waals surface area contributed by atoms with Crippen LogP contribution < -0.4 is 19.5 Å². The number of amides is 1. The molecule has 3 rings (SSSR count). The molecule has 3 aromatic rings. The zero-order valence-corrected chi connectivity index (χ0v) is 18.9. The van der Waals surface area contributed by atoms with Gasteiger partial charge in [-0.1, -0.05) is 17.7 Å². The van der Waals surface area contributed by atoms with E-state index in [0.717, 1.165) is 16.9 Å². The van der Waals surface area contributed by atoms with Crippen LogP contribution in [0.4, 0.5) is 5.69 Å². The number of anilines is 1. The molecule has 1 amide bonds. The summed E-state index contributed by atoms with van der Waals surface area (Å²) in [5.41, 5.74) is 4.24. The molecule has 6 heteroatoms. The van der Waals surface area contributed by atoms with Gasteiger partial charge in [0.15, 0.2) is 0 Å². The molecule has 5 nitrogen and oxygen atoms in total. The summed E-state index contributed by atoms with van der Waals surface area (Å²) in [4.78, 5) is 12.8. The maximum absolute atomic E-state index is 12.8. The fourth-order valence-corrected chi connectivity index (χ4v) is 3.30. The lowest BCUT2D eigenvalue weighted by Gasteiger charge is -2.14. The summed E-state index contributed by atoms with van der Waals surface area (Å²) in [7, 11) is 1.54. The monoisotopic (exact) mass is 439 g/mol. The molecule has 0 aliphatic heterocycles. The lowest BCUT2D eigenvalue weighted by atomic mass is 10.1. The van der Waals surface area contributed by atoms with E-state index >= 15 is 0 Å². The largest absolute Gasteiger partial charge is 0.495 e. The van der Waals surface area contributed by atoms with Crippen molar-refractivity contribution in [3.63, 3.8) is 0 Å². The molecule has 0 heterocycles. The Hall–Kier alpha value is -3.18. The van der Waals surface area contributed by atoms with E-state index in [4.69, 9.17) is 25.8 Å². The predicted molar refractivity (Wildman–Crippen MR) is 124 cm³/mol. The Morgan fingerprint density at radius 3 is 2.39 bits per heavy atom. The van der Waals surface area contributed by atoms with Gasteiger partial charge in [-0.2, -0.15) is 0 Å². The number of hydrogen-bond donors (Lipinski definition) is 1. The van der Waals surface area contributed by atoms with Gasteiger partial charge in [-0.15, -0.1) is 0 Å². The number of rotatable bonds is 8. The normalized spacial score (nSPS) is 10.5. The van der Waals surface area contributed by atoms with Gasteiger partial charge in [0, 0.05) is 16.8 Å². The Kier molecular flexibility index (Phi) is 7.42. The summed E-state index contributed by atoms with van der Waals surface area (Å²) in [6.07, 6.45) is 0. The highest BCUT2D eigenvalue weighted by Gasteiger charge is 2.13. The average molecular weight is 440 g/mol. The minimum absolute atomic E-state index is 0.253. The standard InChI is InChI=1S/C25H26ClNO4/c1-5-30-23-10-7-18(25(28)27-20-8-11-24(29-4)22(26)14-20)13-19(23)15-31-21-9-6-16(2)17(3)12-21/h6-14H,5,15H2,1-4H3,(H,27,28). The summed E-state index contributed by atoms with van der Waals surface area (Å²) >= 11 is 6.15. The van der Waals surface area contributed by atoms with Crippen LogP contribution in [0.25, 0.3) is 0 Å². The summed E-state index contributed by atoms with van der Waals surface area (Å²) in [6, 6.07) is 16.4. The van der Waals surface area contributed by atoms with Crippen LogP contribution in [0.15, 0.2) is 54.6 Å². The molecule has 0 aliphatic rings. The third kappa shape index (κ3) is 5.70. The van der Waals surface area contributed by atoms with Gasteiger partial charge in [-0.3, -0.25) is 4.79 Å². The van der Waals surface area contributed by atoms with Crippen LogP contribution in [0.3, 0.4) is 0 Å². The van der Waals surface area contributed by atoms with Gasteiger partial charge in [0.2, 0.25) is 0 Å². The zero-order chi connectivity index (χ0) is 22.4. The smallest absolute Gasteiger partial charge is 0.255 e. The van der Waals surface area contributed by atoms with E-state index in [2.05, 4.69) is 12.2 Å². The summed E-state index contributed by atoms with van der Waals surface area (Å²) in [6.45, 7) is 6.83. The van der Waals surface area contributed by atoms with Gasteiger partial charge in [-0.05, 0) is 80.4 Å². The third-order valence-electron chi connectivity index (χ3n) is 4.90. The second kappa shape index (κ2) is 10.2. The summed E-state index contributed by atoms with van der Waals surface area (Å²) < 4.78 is 16.8. The van der Waals surface area contributed by atoms with Crippen molar-refractivity contribution in [1.29, 1.82) is 0 Å². The first-order valence-electron chi connectivity index (χ1n) is 10.0. The highest BCUT2D eigenvalue weighted by molar-refractivity contribution is 6.32. The number of ether oxygens (including phenoxy) is 3. The Bertz CT molecular complexity index is 1080. The van der Waals surface area contributed by atoms with Crippen molar-refractivity contribution in [2.45, 2.75) is 27.4 Å². The molecule has 0 aromatic heterocycles. The predicted octanol–water partition coefficient (Wildman–Crippen LogP) is 6.20. The molecule has 31 heavy (non-hydrogen) atoms. The van der Waals surface area contributed by atoms with E-state index in [-0.39, 0.29) is 12.5 Å². The van der Waals surface area contributed by atoms with E-state index in [1.165, 1.54) is 5.56 Å². The van der Waals surface area contributed by atoms with Crippen molar-refractivity contribution in [2.75, 3.05) is 19.0 Å². The first kappa shape index (κ1) is 22.5. The van der Waals surface area contributed by atoms with Crippen LogP contribution in [-0.2, 0) is 6.61 Å². The molecule has 0 unspecified atom stereocenters. The van der Waals surface area contributed by atoms with E-state index < -0.39 is 0 Å². The molecular formula is C25H26ClNO4. The molecule has 0 saturated heterocycles. The number of benzene rings is 3. The van der Waals surface area contributed by atoms with E-state index in [1.54, 1.807) is 43.5 Å². The van der Waals surface area contributed by atoms with Gasteiger partial charge in [0.05, 0.1) is 18.7 Å². The van der Waals surface area contributed by atoms with Gasteiger partial charge >= 0.3 is 0 Å². The van der Waals surface area contributed by atoms with Crippen LogP contribution >= 0.6 is 11.6 Å². The van der Waals surface area contributed by atoms with E-state index in [1.807, 2.05) is 32.0 Å². The molecule has 0 spiro atoms. The van der Waals surface area contributed by atoms with Crippen molar-refractivity contribution >= 4 is 23.2 Å². The SMILES string of the molecule is CCOc1ccc(C(=O)Nc2ccc(OC)c(Cl)c2)cc1COc1ccc(C)c(C)c1. The number of aryl methyl sites for hydroxylation is 2. The quantitative estimate of drug-likeness (QED) is 0.454. The fraction of sp³-hybridized carbons (Fsp3) is 0.240. The maximum Gasteiger partial charge on any atom is 0.255 e. The van der Waals surface area contributed by atoms with E-state index in [9.17, 15) is 4.79 Å². The van der Waals surface area contributed by atoms with E-state index in [0.29, 0.717) is 34.4 Å². The Morgan fingerprint density at radius 1 is 0.935 bits per heavy atom. The maximum atomic E-state index is 12.8. The van der Waals surface area contributed by atoms with Crippen molar-refractivity contribution in [3.05, 3.63) is 81.9 Å². The van der Waals surface area contributed by atoms with Gasteiger partial charge < -0.3 is 19.5 Å². The highest BCUT2D eigenvalue weighted by Crippen LogP contribution is 2.28. The number of carbonyl (C=O) groups is 1. The summed E-state index contributed by atoms with van der Waals surface area (Å²) in [5, 5.41) is 3.28. The Labute approximate surface area is 187 Å². The second-order valence-electron chi connectivity index (χ2n) is 7.09. The number of nitrogens with one attached hydrogen (secondary N) is 1. The average Bonchev–Trinajstić information content (AvgIpc) is 2.75. The Morgan fingerprint density at radius 2 is 1.71 bits per heavy atom. The van der Waals surface area contributed by atoms with Crippen molar-refractivity contribution in [3.8, 4) is 17.2 Å². The molecule has 3 aromatic carbocycles. The molecule has 162 valence electrons. The zero-order valence-electron chi connectivity index (χ0n) is 18.1. The van der Waals surface area contributed by atoms with Crippen LogP contribution in [0.2, 0.25) is 5.02 Å². The molecule has 0 aliphatic carbocycles. The molecule has 0 atom stereocenters. The lowest BCUT2D eigenvalue weighted by molar-refractivity contribution is 0.102. The Balaban J connectivity index is 1.78. The van der Waals surface area contributed by atoms with Crippen LogP contribution in [-0.4, -0.2) is 19.6 Å². The van der Waals surface area contributed by atoms with Crippen LogP contribution in [0.5, 0.6) is 17.2 Å². The van der Waals surface area contributed by atoms with Gasteiger partial charge in [-0.25, -0.2) is 0 Å². The van der Waals surface area contributed by atoms with Gasteiger partial charge in [0.25, 0.3) is 5.91 Å². The second-order valence-corrected chi connectivity index (χ2v) is 7.50. The lowest BCUT2D eigenvalue weighted by Crippen LogP contribution is -2.13. The number of halogens is 1. The minimum atomic E-state index is -0.253. The van der Waals surface area contributed by atoms with Crippen molar-refractivity contribution in [1.82, 2.24) is 0 Å². The van der Waals surface area contributed by atoms with Crippen molar-refractivity contribution < 1.29 is 19.0 Å². The topological polar surface area (TPSA) is 56.8 Å². The highest BCUT2D eigenvalue weighted by atomic mass is 35.5. The van der Waals surface area contributed by atoms with Gasteiger partial charge in [0.1, 0.15) is 23.9 Å². The first-order valence-corrected chi connectivity index (χ1v) is 10.4. The molecule has 0 saturated carbocycles. The first-order chi connectivity index (χ1) is 14.9. The van der Waals surface area contributed by atoms with Crippen LogP contribution in [0, 0.1) is 13.8 Å². The molecule has 1 N–H and O–H groups in total. The molecule has 0 radical (unpaired) electrons. The third-order valence-corrected chi connectivity index (χ3v) is 5.20. The number of carbonyl (C=O) groups excluding carboxylic acids is 1. The summed E-state index contributed by atoms with van der Waals surface area (Å²) in [5.74, 6) is 1.76.